The molecule has 24 heavy (non-hydrogen) atoms. The van der Waals surface area contributed by atoms with Crippen molar-refractivity contribution < 1.29 is 19.1 Å². The lowest BCUT2D eigenvalue weighted by atomic mass is 10.2. The summed E-state index contributed by atoms with van der Waals surface area (Å²) in [4.78, 5) is 26.3. The van der Waals surface area contributed by atoms with Crippen molar-refractivity contribution in [2.75, 3.05) is 18.2 Å². The predicted molar refractivity (Wildman–Crippen MR) is 86.2 cm³/mol. The highest BCUT2D eigenvalue weighted by molar-refractivity contribution is 5.98. The van der Waals surface area contributed by atoms with Gasteiger partial charge in [0, 0.05) is 38.0 Å². The second kappa shape index (κ2) is 5.59. The van der Waals surface area contributed by atoms with Gasteiger partial charge in [-0.15, -0.1) is 0 Å². The van der Waals surface area contributed by atoms with Crippen molar-refractivity contribution in [2.45, 2.75) is 12.5 Å². The van der Waals surface area contributed by atoms with E-state index in [9.17, 15) is 9.59 Å². The van der Waals surface area contributed by atoms with Crippen LogP contribution in [0.4, 0.5) is 5.69 Å². The molecule has 2 aromatic rings. The summed E-state index contributed by atoms with van der Waals surface area (Å²) in [5.41, 5.74) is 1.32. The maximum Gasteiger partial charge on any atom is 0.268 e. The Morgan fingerprint density at radius 3 is 2.88 bits per heavy atom. The zero-order valence-electron chi connectivity index (χ0n) is 13.2. The number of fused-ring (bicyclic) bond motifs is 1. The van der Waals surface area contributed by atoms with Gasteiger partial charge in [0.15, 0.2) is 11.5 Å². The molecule has 2 amide bonds. The van der Waals surface area contributed by atoms with Crippen LogP contribution in [0.25, 0.3) is 0 Å². The van der Waals surface area contributed by atoms with Crippen molar-refractivity contribution in [3.05, 3.63) is 42.2 Å². The van der Waals surface area contributed by atoms with Gasteiger partial charge in [0.1, 0.15) is 5.69 Å². The summed E-state index contributed by atoms with van der Waals surface area (Å²) in [5, 5.41) is 2.93. The van der Waals surface area contributed by atoms with E-state index < -0.39 is 0 Å². The highest BCUT2D eigenvalue weighted by Gasteiger charge is 2.32. The molecule has 2 aliphatic rings. The van der Waals surface area contributed by atoms with E-state index in [0.29, 0.717) is 23.7 Å². The average Bonchev–Trinajstić information content (AvgIpc) is 3.26. The van der Waals surface area contributed by atoms with Crippen LogP contribution in [0.15, 0.2) is 36.5 Å². The zero-order valence-corrected chi connectivity index (χ0v) is 13.2. The number of amides is 2. The summed E-state index contributed by atoms with van der Waals surface area (Å²) in [6.45, 7) is 0.636. The molecule has 1 atom stereocenters. The van der Waals surface area contributed by atoms with Crippen molar-refractivity contribution in [3.8, 4) is 11.5 Å². The molecule has 0 bridgehead atoms. The number of ether oxygens (including phenoxy) is 2. The molecule has 7 nitrogen and oxygen atoms in total. The van der Waals surface area contributed by atoms with Gasteiger partial charge in [-0.1, -0.05) is 0 Å². The molecule has 124 valence electrons. The van der Waals surface area contributed by atoms with E-state index in [0.717, 1.165) is 5.69 Å². The molecule has 3 heterocycles. The lowest BCUT2D eigenvalue weighted by Gasteiger charge is -2.17. The van der Waals surface area contributed by atoms with Gasteiger partial charge in [0.25, 0.3) is 5.91 Å². The molecular weight excluding hydrogens is 310 g/mol. The number of nitrogens with zero attached hydrogens (tertiary/aromatic N) is 2. The first-order valence-electron chi connectivity index (χ1n) is 7.74. The Bertz CT molecular complexity index is 814. The first-order valence-corrected chi connectivity index (χ1v) is 7.74. The quantitative estimate of drug-likeness (QED) is 0.922. The molecule has 0 saturated carbocycles. The number of carbonyl (C=O) groups is 2. The molecule has 1 aromatic carbocycles. The molecule has 4 rings (SSSR count). The number of rotatable bonds is 3. The maximum atomic E-state index is 12.3. The predicted octanol–water partition coefficient (Wildman–Crippen LogP) is 1.29. The highest BCUT2D eigenvalue weighted by atomic mass is 16.7. The molecule has 0 spiro atoms. The minimum Gasteiger partial charge on any atom is -0.454 e. The Hall–Kier alpha value is -2.96. The molecular formula is C17H17N3O4. The second-order valence-electron chi connectivity index (χ2n) is 5.92. The second-order valence-corrected chi connectivity index (χ2v) is 5.92. The number of aromatic nitrogens is 1. The third-order valence-corrected chi connectivity index (χ3v) is 4.30. The van der Waals surface area contributed by atoms with Crippen molar-refractivity contribution >= 4 is 17.5 Å². The Kier molecular flexibility index (Phi) is 3.41. The van der Waals surface area contributed by atoms with Gasteiger partial charge in [0.2, 0.25) is 12.7 Å². The van der Waals surface area contributed by atoms with Gasteiger partial charge in [-0.2, -0.15) is 0 Å². The topological polar surface area (TPSA) is 72.8 Å². The summed E-state index contributed by atoms with van der Waals surface area (Å²) in [6, 6.07) is 8.76. The SMILES string of the molecule is Cn1cccc1C(=O)N[C@@H]1CC(=O)N(c2ccc3c(c2)OCO3)C1. The standard InChI is InChI=1S/C17H17N3O4/c1-19-6-2-3-13(19)17(22)18-11-7-16(21)20(9-11)12-4-5-14-15(8-12)24-10-23-14/h2-6,8,11H,7,9-10H2,1H3,(H,18,22)/t11-/m1/s1. The van der Waals surface area contributed by atoms with Crippen LogP contribution < -0.4 is 19.7 Å². The van der Waals surface area contributed by atoms with Crippen LogP contribution in [0.2, 0.25) is 0 Å². The molecule has 0 unspecified atom stereocenters. The number of hydrogen-bond acceptors (Lipinski definition) is 4. The Morgan fingerprint density at radius 2 is 2.08 bits per heavy atom. The summed E-state index contributed by atoms with van der Waals surface area (Å²) < 4.78 is 12.4. The average molecular weight is 327 g/mol. The minimum atomic E-state index is -0.217. The van der Waals surface area contributed by atoms with Crippen molar-refractivity contribution in [3.63, 3.8) is 0 Å². The van der Waals surface area contributed by atoms with E-state index in [-0.39, 0.29) is 31.1 Å². The van der Waals surface area contributed by atoms with Crippen LogP contribution in [0.5, 0.6) is 11.5 Å². The van der Waals surface area contributed by atoms with Crippen LogP contribution >= 0.6 is 0 Å². The number of hydrogen-bond donors (Lipinski definition) is 1. The molecule has 0 aliphatic carbocycles. The van der Waals surface area contributed by atoms with Gasteiger partial charge >= 0.3 is 0 Å². The summed E-state index contributed by atoms with van der Waals surface area (Å²) in [5.74, 6) is 1.12. The van der Waals surface area contributed by atoms with Gasteiger partial charge in [-0.25, -0.2) is 0 Å². The van der Waals surface area contributed by atoms with Gasteiger partial charge in [0.05, 0.1) is 6.04 Å². The van der Waals surface area contributed by atoms with Crippen LogP contribution in [0.1, 0.15) is 16.9 Å². The molecule has 2 aliphatic heterocycles. The fourth-order valence-corrected chi connectivity index (χ4v) is 3.06. The number of anilines is 1. The van der Waals surface area contributed by atoms with Gasteiger partial charge in [-0.3, -0.25) is 9.59 Å². The van der Waals surface area contributed by atoms with Gasteiger partial charge < -0.3 is 24.3 Å². The Balaban J connectivity index is 1.47. The molecule has 7 heteroatoms. The molecule has 0 radical (unpaired) electrons. The fourth-order valence-electron chi connectivity index (χ4n) is 3.06. The maximum absolute atomic E-state index is 12.3. The van der Waals surface area contributed by atoms with E-state index in [1.54, 1.807) is 27.7 Å². The van der Waals surface area contributed by atoms with E-state index in [4.69, 9.17) is 9.47 Å². The minimum absolute atomic E-state index is 0.0222. The van der Waals surface area contributed by atoms with Crippen molar-refractivity contribution in [1.29, 1.82) is 0 Å². The van der Waals surface area contributed by atoms with Crippen LogP contribution in [0.3, 0.4) is 0 Å². The largest absolute Gasteiger partial charge is 0.454 e. The summed E-state index contributed by atoms with van der Waals surface area (Å²) in [7, 11) is 1.81. The number of benzene rings is 1. The van der Waals surface area contributed by atoms with E-state index in [1.807, 2.05) is 25.4 Å². The normalized spacial score (nSPS) is 19.0. The monoisotopic (exact) mass is 327 g/mol. The van der Waals surface area contributed by atoms with E-state index >= 15 is 0 Å². The molecule has 1 aromatic heterocycles. The Labute approximate surface area is 138 Å². The lowest BCUT2D eigenvalue weighted by Crippen LogP contribution is -2.37. The van der Waals surface area contributed by atoms with Crippen LogP contribution in [0, 0.1) is 0 Å². The third kappa shape index (κ3) is 2.47. The van der Waals surface area contributed by atoms with E-state index in [2.05, 4.69) is 5.32 Å². The van der Waals surface area contributed by atoms with Gasteiger partial charge in [-0.05, 0) is 24.3 Å². The van der Waals surface area contributed by atoms with E-state index in [1.165, 1.54) is 0 Å². The van der Waals surface area contributed by atoms with Crippen molar-refractivity contribution in [2.24, 2.45) is 7.05 Å². The summed E-state index contributed by atoms with van der Waals surface area (Å²) in [6.07, 6.45) is 2.10. The number of aryl methyl sites for hydroxylation is 1. The van der Waals surface area contributed by atoms with Crippen molar-refractivity contribution in [1.82, 2.24) is 9.88 Å². The lowest BCUT2D eigenvalue weighted by molar-refractivity contribution is -0.117. The van der Waals surface area contributed by atoms with Crippen LogP contribution in [-0.2, 0) is 11.8 Å². The van der Waals surface area contributed by atoms with Crippen LogP contribution in [-0.4, -0.2) is 35.8 Å². The molecule has 1 saturated heterocycles. The third-order valence-electron chi connectivity index (χ3n) is 4.30. The smallest absolute Gasteiger partial charge is 0.268 e. The highest BCUT2D eigenvalue weighted by Crippen LogP contribution is 2.36. The number of nitrogens with one attached hydrogen (secondary N) is 1. The number of carbonyl (C=O) groups excluding carboxylic acids is 2. The first kappa shape index (κ1) is 14.6. The zero-order chi connectivity index (χ0) is 16.7. The molecule has 1 N–H and O–H groups in total. The Morgan fingerprint density at radius 1 is 1.25 bits per heavy atom. The first-order chi connectivity index (χ1) is 11.6. The summed E-state index contributed by atoms with van der Waals surface area (Å²) >= 11 is 0. The fraction of sp³-hybridized carbons (Fsp3) is 0.294. The molecule has 1 fully saturated rings.